The van der Waals surface area contributed by atoms with Crippen LogP contribution in [0.5, 0.6) is 5.75 Å². The van der Waals surface area contributed by atoms with Crippen molar-refractivity contribution < 1.29 is 9.53 Å². The average Bonchev–Trinajstić information content (AvgIpc) is 2.48. The van der Waals surface area contributed by atoms with Crippen LogP contribution in [0.2, 0.25) is 0 Å². The molecule has 1 heterocycles. The Kier molecular flexibility index (Phi) is 5.33. The highest BCUT2D eigenvalue weighted by molar-refractivity contribution is 9.10. The summed E-state index contributed by atoms with van der Waals surface area (Å²) in [4.78, 5) is 16.3. The zero-order chi connectivity index (χ0) is 15.2. The molecule has 5 heteroatoms. The summed E-state index contributed by atoms with van der Waals surface area (Å²) < 4.78 is 6.51. The molecule has 0 aliphatic carbocycles. The lowest BCUT2D eigenvalue weighted by atomic mass is 10.2. The summed E-state index contributed by atoms with van der Waals surface area (Å²) in [5.74, 6) is 0.426. The first-order valence-electron chi connectivity index (χ1n) is 6.76. The van der Waals surface area contributed by atoms with E-state index in [1.165, 1.54) is 0 Å². The number of carbonyl (C=O) groups is 1. The van der Waals surface area contributed by atoms with Crippen LogP contribution in [0, 0.1) is 6.92 Å². The summed E-state index contributed by atoms with van der Waals surface area (Å²) in [6.07, 6.45) is 2.51. The van der Waals surface area contributed by atoms with Gasteiger partial charge in [-0.15, -0.1) is 0 Å². The number of aryl methyl sites for hydroxylation is 1. The molecule has 1 aromatic heterocycles. The molecule has 110 valence electrons. The molecule has 0 aliphatic heterocycles. The molecule has 1 amide bonds. The summed E-state index contributed by atoms with van der Waals surface area (Å²) in [6.45, 7) is 4.64. The smallest absolute Gasteiger partial charge is 0.274 e. The molecule has 0 spiro atoms. The summed E-state index contributed by atoms with van der Waals surface area (Å²) >= 11 is 3.30. The highest BCUT2D eigenvalue weighted by Crippen LogP contribution is 2.26. The van der Waals surface area contributed by atoms with Crippen molar-refractivity contribution in [3.05, 3.63) is 52.3 Å². The fourth-order valence-corrected chi connectivity index (χ4v) is 2.00. The number of nitrogens with zero attached hydrogens (tertiary/aromatic N) is 1. The van der Waals surface area contributed by atoms with Gasteiger partial charge in [0.2, 0.25) is 0 Å². The third-order valence-corrected chi connectivity index (χ3v) is 3.28. The molecule has 1 aromatic carbocycles. The SMILES string of the molecule is CCCOc1cc(C)ccc1NC(=O)c1ccc(Br)cn1. The second-order valence-electron chi connectivity index (χ2n) is 4.66. The molecule has 0 saturated carbocycles. The number of halogens is 1. The Morgan fingerprint density at radius 3 is 2.81 bits per heavy atom. The minimum Gasteiger partial charge on any atom is -0.491 e. The fraction of sp³-hybridized carbons (Fsp3) is 0.250. The molecule has 0 saturated heterocycles. The molecule has 0 unspecified atom stereocenters. The lowest BCUT2D eigenvalue weighted by molar-refractivity contribution is 0.102. The van der Waals surface area contributed by atoms with E-state index in [1.807, 2.05) is 32.0 Å². The predicted molar refractivity (Wildman–Crippen MR) is 86.9 cm³/mol. The van der Waals surface area contributed by atoms with Gasteiger partial charge in [0.15, 0.2) is 0 Å². The highest BCUT2D eigenvalue weighted by atomic mass is 79.9. The van der Waals surface area contributed by atoms with Gasteiger partial charge in [-0.2, -0.15) is 0 Å². The maximum Gasteiger partial charge on any atom is 0.274 e. The van der Waals surface area contributed by atoms with Crippen molar-refractivity contribution in [1.82, 2.24) is 4.98 Å². The lowest BCUT2D eigenvalue weighted by Crippen LogP contribution is -2.14. The van der Waals surface area contributed by atoms with Crippen LogP contribution in [-0.2, 0) is 0 Å². The monoisotopic (exact) mass is 348 g/mol. The number of benzene rings is 1. The van der Waals surface area contributed by atoms with Crippen LogP contribution < -0.4 is 10.1 Å². The van der Waals surface area contributed by atoms with Crippen molar-refractivity contribution in [3.8, 4) is 5.75 Å². The van der Waals surface area contributed by atoms with Crippen LogP contribution in [0.3, 0.4) is 0 Å². The van der Waals surface area contributed by atoms with Gasteiger partial charge in [-0.1, -0.05) is 13.0 Å². The Hall–Kier alpha value is -1.88. The first kappa shape index (κ1) is 15.5. The fourth-order valence-electron chi connectivity index (χ4n) is 1.76. The lowest BCUT2D eigenvalue weighted by Gasteiger charge is -2.12. The molecule has 0 bridgehead atoms. The maximum atomic E-state index is 12.2. The Morgan fingerprint density at radius 2 is 2.14 bits per heavy atom. The van der Waals surface area contributed by atoms with E-state index in [4.69, 9.17) is 4.74 Å². The van der Waals surface area contributed by atoms with E-state index >= 15 is 0 Å². The topological polar surface area (TPSA) is 51.2 Å². The first-order valence-corrected chi connectivity index (χ1v) is 7.56. The standard InChI is InChI=1S/C16H17BrN2O2/c1-3-8-21-15-9-11(2)4-6-13(15)19-16(20)14-7-5-12(17)10-18-14/h4-7,9-10H,3,8H2,1-2H3,(H,19,20). The van der Waals surface area contributed by atoms with Gasteiger partial charge in [0.25, 0.3) is 5.91 Å². The Balaban J connectivity index is 2.18. The number of anilines is 1. The van der Waals surface area contributed by atoms with Gasteiger partial charge >= 0.3 is 0 Å². The number of carbonyl (C=O) groups excluding carboxylic acids is 1. The van der Waals surface area contributed by atoms with Gasteiger partial charge in [0.1, 0.15) is 11.4 Å². The molecular weight excluding hydrogens is 332 g/mol. The van der Waals surface area contributed by atoms with Crippen molar-refractivity contribution >= 4 is 27.5 Å². The van der Waals surface area contributed by atoms with Crippen LogP contribution in [0.15, 0.2) is 41.0 Å². The van der Waals surface area contributed by atoms with E-state index in [0.29, 0.717) is 23.7 Å². The third kappa shape index (κ3) is 4.29. The van der Waals surface area contributed by atoms with Gasteiger partial charge < -0.3 is 10.1 Å². The van der Waals surface area contributed by atoms with Gasteiger partial charge in [-0.3, -0.25) is 4.79 Å². The summed E-state index contributed by atoms with van der Waals surface area (Å²) in [7, 11) is 0. The number of ether oxygens (including phenoxy) is 1. The number of pyridine rings is 1. The highest BCUT2D eigenvalue weighted by Gasteiger charge is 2.11. The second kappa shape index (κ2) is 7.22. The summed E-state index contributed by atoms with van der Waals surface area (Å²) in [6, 6.07) is 9.15. The number of hydrogen-bond donors (Lipinski definition) is 1. The van der Waals surface area contributed by atoms with Gasteiger partial charge in [-0.25, -0.2) is 4.98 Å². The van der Waals surface area contributed by atoms with Crippen molar-refractivity contribution in [1.29, 1.82) is 0 Å². The van der Waals surface area contributed by atoms with Gasteiger partial charge in [0.05, 0.1) is 12.3 Å². The Bertz CT molecular complexity index is 627. The van der Waals surface area contributed by atoms with E-state index in [1.54, 1.807) is 18.3 Å². The largest absolute Gasteiger partial charge is 0.491 e. The van der Waals surface area contributed by atoms with E-state index < -0.39 is 0 Å². The molecule has 21 heavy (non-hydrogen) atoms. The minimum absolute atomic E-state index is 0.257. The van der Waals surface area contributed by atoms with Crippen molar-refractivity contribution in [2.45, 2.75) is 20.3 Å². The van der Waals surface area contributed by atoms with Crippen LogP contribution in [0.25, 0.3) is 0 Å². The predicted octanol–water partition coefficient (Wildman–Crippen LogP) is 4.19. The number of nitrogens with one attached hydrogen (secondary N) is 1. The van der Waals surface area contributed by atoms with Crippen LogP contribution in [0.4, 0.5) is 5.69 Å². The number of hydrogen-bond acceptors (Lipinski definition) is 3. The van der Waals surface area contributed by atoms with Gasteiger partial charge in [0, 0.05) is 10.7 Å². The summed E-state index contributed by atoms with van der Waals surface area (Å²) in [5.41, 5.74) is 2.10. The zero-order valence-electron chi connectivity index (χ0n) is 12.0. The molecule has 0 radical (unpaired) electrons. The average molecular weight is 349 g/mol. The number of aromatic nitrogens is 1. The van der Waals surface area contributed by atoms with Crippen LogP contribution >= 0.6 is 15.9 Å². The molecule has 0 aliphatic rings. The van der Waals surface area contributed by atoms with E-state index in [0.717, 1.165) is 16.5 Å². The number of amides is 1. The van der Waals surface area contributed by atoms with Crippen molar-refractivity contribution in [3.63, 3.8) is 0 Å². The van der Waals surface area contributed by atoms with Crippen LogP contribution in [0.1, 0.15) is 29.4 Å². The molecule has 0 fully saturated rings. The zero-order valence-corrected chi connectivity index (χ0v) is 13.6. The maximum absolute atomic E-state index is 12.2. The number of rotatable bonds is 5. The molecular formula is C16H17BrN2O2. The molecule has 2 aromatic rings. The first-order chi connectivity index (χ1) is 10.1. The molecule has 0 atom stereocenters. The second-order valence-corrected chi connectivity index (χ2v) is 5.58. The Morgan fingerprint density at radius 1 is 1.33 bits per heavy atom. The minimum atomic E-state index is -0.257. The van der Waals surface area contributed by atoms with Crippen molar-refractivity contribution in [2.24, 2.45) is 0 Å². The van der Waals surface area contributed by atoms with Gasteiger partial charge in [-0.05, 0) is 59.1 Å². The molecule has 1 N–H and O–H groups in total. The van der Waals surface area contributed by atoms with Crippen LogP contribution in [-0.4, -0.2) is 17.5 Å². The van der Waals surface area contributed by atoms with E-state index in [9.17, 15) is 4.79 Å². The third-order valence-electron chi connectivity index (χ3n) is 2.81. The Labute approximate surface area is 132 Å². The van der Waals surface area contributed by atoms with Crippen molar-refractivity contribution in [2.75, 3.05) is 11.9 Å². The molecule has 4 nitrogen and oxygen atoms in total. The molecule has 2 rings (SSSR count). The normalized spacial score (nSPS) is 10.2. The summed E-state index contributed by atoms with van der Waals surface area (Å²) in [5, 5.41) is 2.84. The van der Waals surface area contributed by atoms with E-state index in [-0.39, 0.29) is 5.91 Å². The quantitative estimate of drug-likeness (QED) is 0.880. The van der Waals surface area contributed by atoms with E-state index in [2.05, 4.69) is 26.2 Å².